The van der Waals surface area contributed by atoms with Gasteiger partial charge in [-0.2, -0.15) is 0 Å². The minimum absolute atomic E-state index is 0.0636. The molecule has 0 radical (unpaired) electrons. The topological polar surface area (TPSA) is 88.7 Å². The number of hydrogen-bond donors (Lipinski definition) is 0. The van der Waals surface area contributed by atoms with Crippen molar-refractivity contribution >= 4 is 5.69 Å². The highest BCUT2D eigenvalue weighted by molar-refractivity contribution is 5.49. The summed E-state index contributed by atoms with van der Waals surface area (Å²) in [6.07, 6.45) is 1.28. The van der Waals surface area contributed by atoms with E-state index in [-0.39, 0.29) is 18.4 Å². The Morgan fingerprint density at radius 2 is 2.21 bits per heavy atom. The Labute approximate surface area is 107 Å². The van der Waals surface area contributed by atoms with Gasteiger partial charge >= 0.3 is 11.6 Å². The maximum atomic E-state index is 10.8. The quantitative estimate of drug-likeness (QED) is 0.620. The van der Waals surface area contributed by atoms with Gasteiger partial charge in [-0.1, -0.05) is 0 Å². The Hall–Kier alpha value is -2.77. The molecule has 1 aliphatic heterocycles. The molecule has 0 N–H and O–H groups in total. The van der Waals surface area contributed by atoms with Crippen LogP contribution in [0, 0.1) is 10.1 Å². The summed E-state index contributed by atoms with van der Waals surface area (Å²) in [5.74, 6) is 1.48. The second kappa shape index (κ2) is 4.16. The van der Waals surface area contributed by atoms with Gasteiger partial charge in [0.2, 0.25) is 6.79 Å². The molecule has 0 spiro atoms. The van der Waals surface area contributed by atoms with Gasteiger partial charge in [0.05, 0.1) is 4.92 Å². The lowest BCUT2D eigenvalue weighted by Gasteiger charge is -2.02. The Morgan fingerprint density at radius 3 is 3.00 bits per heavy atom. The van der Waals surface area contributed by atoms with E-state index < -0.39 is 4.92 Å². The number of aryl methyl sites for hydroxylation is 1. The monoisotopic (exact) mass is 263 g/mol. The van der Waals surface area contributed by atoms with Crippen LogP contribution in [0.3, 0.4) is 0 Å². The molecule has 0 atom stereocenters. The third kappa shape index (κ3) is 2.03. The Bertz CT molecular complexity index is 652. The van der Waals surface area contributed by atoms with Crippen LogP contribution in [0.1, 0.15) is 0 Å². The maximum Gasteiger partial charge on any atom is 0.350 e. The van der Waals surface area contributed by atoms with Crippen LogP contribution in [0.15, 0.2) is 24.4 Å². The highest BCUT2D eigenvalue weighted by Crippen LogP contribution is 2.37. The molecule has 2 heterocycles. The van der Waals surface area contributed by atoms with Gasteiger partial charge in [0.25, 0.3) is 0 Å². The third-order valence-electron chi connectivity index (χ3n) is 2.53. The van der Waals surface area contributed by atoms with E-state index in [9.17, 15) is 10.1 Å². The van der Waals surface area contributed by atoms with Crippen LogP contribution in [-0.2, 0) is 7.05 Å². The lowest BCUT2D eigenvalue weighted by atomic mass is 10.3. The summed E-state index contributed by atoms with van der Waals surface area (Å²) in [6.45, 7) is 0.155. The fourth-order valence-electron chi connectivity index (χ4n) is 1.71. The van der Waals surface area contributed by atoms with Gasteiger partial charge in [0.1, 0.15) is 11.9 Å². The Morgan fingerprint density at radius 1 is 1.42 bits per heavy atom. The molecule has 0 aliphatic carbocycles. The number of benzene rings is 1. The van der Waals surface area contributed by atoms with Gasteiger partial charge in [-0.15, -0.1) is 5.10 Å². The van der Waals surface area contributed by atoms with Crippen LogP contribution in [-0.4, -0.2) is 21.5 Å². The van der Waals surface area contributed by atoms with Crippen molar-refractivity contribution in [1.82, 2.24) is 9.78 Å². The molecule has 2 aromatic rings. The largest absolute Gasteiger partial charge is 0.454 e. The predicted molar refractivity (Wildman–Crippen MR) is 62.5 cm³/mol. The van der Waals surface area contributed by atoms with Gasteiger partial charge < -0.3 is 14.2 Å². The highest BCUT2D eigenvalue weighted by atomic mass is 16.7. The van der Waals surface area contributed by atoms with Crippen LogP contribution >= 0.6 is 0 Å². The first-order valence-electron chi connectivity index (χ1n) is 5.39. The minimum atomic E-state index is -0.546. The molecule has 8 heteroatoms. The van der Waals surface area contributed by atoms with E-state index in [1.54, 1.807) is 25.2 Å². The van der Waals surface area contributed by atoms with E-state index in [0.717, 1.165) is 0 Å². The molecule has 3 rings (SSSR count). The van der Waals surface area contributed by atoms with Gasteiger partial charge in [-0.05, 0) is 12.1 Å². The number of aromatic nitrogens is 2. The number of rotatable bonds is 3. The van der Waals surface area contributed by atoms with Gasteiger partial charge in [-0.3, -0.25) is 14.8 Å². The number of hydrogen-bond acceptors (Lipinski definition) is 6. The second-order valence-corrected chi connectivity index (χ2v) is 3.87. The van der Waals surface area contributed by atoms with Crippen LogP contribution in [0.2, 0.25) is 0 Å². The highest BCUT2D eigenvalue weighted by Gasteiger charge is 2.22. The van der Waals surface area contributed by atoms with E-state index >= 15 is 0 Å². The van der Waals surface area contributed by atoms with E-state index in [1.807, 2.05) is 0 Å². The molecule has 1 aromatic carbocycles. The summed E-state index contributed by atoms with van der Waals surface area (Å²) in [6, 6.07) is 4.90. The van der Waals surface area contributed by atoms with Crippen molar-refractivity contribution in [1.29, 1.82) is 0 Å². The maximum absolute atomic E-state index is 10.8. The van der Waals surface area contributed by atoms with E-state index in [1.165, 1.54) is 10.9 Å². The van der Waals surface area contributed by atoms with Crippen molar-refractivity contribution in [2.45, 2.75) is 0 Å². The zero-order valence-electron chi connectivity index (χ0n) is 9.90. The fraction of sp³-hybridized carbons (Fsp3) is 0.182. The molecule has 1 aliphatic rings. The van der Waals surface area contributed by atoms with Crippen LogP contribution in [0.25, 0.3) is 0 Å². The van der Waals surface area contributed by atoms with Crippen molar-refractivity contribution in [3.63, 3.8) is 0 Å². The normalized spacial score (nSPS) is 12.5. The molecule has 98 valence electrons. The molecular formula is C11H9N3O5. The summed E-state index contributed by atoms with van der Waals surface area (Å²) in [7, 11) is 1.58. The minimum Gasteiger partial charge on any atom is -0.454 e. The Balaban J connectivity index is 1.91. The first-order chi connectivity index (χ1) is 9.13. The lowest BCUT2D eigenvalue weighted by Crippen LogP contribution is -1.93. The third-order valence-corrected chi connectivity index (χ3v) is 2.53. The summed E-state index contributed by atoms with van der Waals surface area (Å²) in [5, 5.41) is 14.7. The SMILES string of the molecule is Cn1cc([N+](=O)[O-])c(Oc2ccc3c(c2)OCO3)n1. The zero-order valence-corrected chi connectivity index (χ0v) is 9.90. The number of nitrogens with zero attached hydrogens (tertiary/aromatic N) is 3. The van der Waals surface area contributed by atoms with Gasteiger partial charge in [0, 0.05) is 13.1 Å². The Kier molecular flexibility index (Phi) is 2.48. The average Bonchev–Trinajstić information content (AvgIpc) is 2.95. The zero-order chi connectivity index (χ0) is 13.4. The summed E-state index contributed by atoms with van der Waals surface area (Å²) >= 11 is 0. The van der Waals surface area contributed by atoms with Crippen molar-refractivity contribution < 1.29 is 19.1 Å². The van der Waals surface area contributed by atoms with Gasteiger partial charge in [0.15, 0.2) is 11.5 Å². The molecule has 0 bridgehead atoms. The van der Waals surface area contributed by atoms with Crippen molar-refractivity contribution in [3.8, 4) is 23.1 Å². The van der Waals surface area contributed by atoms with E-state index in [4.69, 9.17) is 14.2 Å². The molecule has 8 nitrogen and oxygen atoms in total. The standard InChI is InChI=1S/C11H9N3O5/c1-13-5-8(14(15)16)11(12-13)19-7-2-3-9-10(4-7)18-6-17-9/h2-5H,6H2,1H3. The molecule has 0 saturated carbocycles. The molecule has 0 unspecified atom stereocenters. The molecule has 0 saturated heterocycles. The van der Waals surface area contributed by atoms with Crippen LogP contribution < -0.4 is 14.2 Å². The van der Waals surface area contributed by atoms with Crippen molar-refractivity contribution in [3.05, 3.63) is 34.5 Å². The average molecular weight is 263 g/mol. The van der Waals surface area contributed by atoms with Gasteiger partial charge in [-0.25, -0.2) is 0 Å². The first kappa shape index (κ1) is 11.3. The fourth-order valence-corrected chi connectivity index (χ4v) is 1.71. The lowest BCUT2D eigenvalue weighted by molar-refractivity contribution is -0.385. The van der Waals surface area contributed by atoms with E-state index in [2.05, 4.69) is 5.10 Å². The molecule has 1 aromatic heterocycles. The smallest absolute Gasteiger partial charge is 0.350 e. The van der Waals surface area contributed by atoms with Crippen molar-refractivity contribution in [2.24, 2.45) is 7.05 Å². The van der Waals surface area contributed by atoms with Crippen molar-refractivity contribution in [2.75, 3.05) is 6.79 Å². The predicted octanol–water partition coefficient (Wildman–Crippen LogP) is 1.85. The summed E-state index contributed by atoms with van der Waals surface area (Å²) in [5.41, 5.74) is -0.194. The second-order valence-electron chi connectivity index (χ2n) is 3.87. The molecule has 0 amide bonds. The number of ether oxygens (including phenoxy) is 3. The first-order valence-corrected chi connectivity index (χ1v) is 5.39. The molecule has 0 fully saturated rings. The van der Waals surface area contributed by atoms with E-state index in [0.29, 0.717) is 17.2 Å². The number of fused-ring (bicyclic) bond motifs is 1. The molecule has 19 heavy (non-hydrogen) atoms. The number of nitro groups is 1. The summed E-state index contributed by atoms with van der Waals surface area (Å²) in [4.78, 5) is 10.3. The molecular weight excluding hydrogens is 254 g/mol. The summed E-state index contributed by atoms with van der Waals surface area (Å²) < 4.78 is 17.1. The van der Waals surface area contributed by atoms with Crippen LogP contribution in [0.5, 0.6) is 23.1 Å². The van der Waals surface area contributed by atoms with Crippen LogP contribution in [0.4, 0.5) is 5.69 Å².